The third kappa shape index (κ3) is 2.86. The standard InChI is InChI=1S/C10H22N2S/c1-9(2,7-11)12-5-6-13-10(3,4)8-12/h5-8,11H2,1-4H3. The van der Waals surface area contributed by atoms with Crippen molar-refractivity contribution in [2.75, 3.05) is 25.4 Å². The fourth-order valence-electron chi connectivity index (χ4n) is 1.66. The fraction of sp³-hybridized carbons (Fsp3) is 1.00. The summed E-state index contributed by atoms with van der Waals surface area (Å²) in [5, 5.41) is 0. The molecule has 0 radical (unpaired) electrons. The number of rotatable bonds is 2. The number of nitrogens with zero attached hydrogens (tertiary/aromatic N) is 1. The molecule has 1 fully saturated rings. The predicted octanol–water partition coefficient (Wildman–Crippen LogP) is 1.55. The van der Waals surface area contributed by atoms with Crippen LogP contribution in [0.15, 0.2) is 0 Å². The van der Waals surface area contributed by atoms with Gasteiger partial charge in [-0.2, -0.15) is 11.8 Å². The molecule has 0 atom stereocenters. The molecule has 13 heavy (non-hydrogen) atoms. The maximum Gasteiger partial charge on any atom is 0.0276 e. The topological polar surface area (TPSA) is 29.3 Å². The van der Waals surface area contributed by atoms with Crippen LogP contribution in [0.25, 0.3) is 0 Å². The second kappa shape index (κ2) is 3.79. The van der Waals surface area contributed by atoms with Gasteiger partial charge in [-0.05, 0) is 27.7 Å². The van der Waals surface area contributed by atoms with Gasteiger partial charge in [0.15, 0.2) is 0 Å². The Morgan fingerprint density at radius 2 is 2.08 bits per heavy atom. The molecule has 2 nitrogen and oxygen atoms in total. The zero-order valence-electron chi connectivity index (χ0n) is 9.26. The summed E-state index contributed by atoms with van der Waals surface area (Å²) >= 11 is 2.07. The molecule has 0 aromatic heterocycles. The van der Waals surface area contributed by atoms with E-state index >= 15 is 0 Å². The summed E-state index contributed by atoms with van der Waals surface area (Å²) in [6.07, 6.45) is 0. The Balaban J connectivity index is 2.61. The van der Waals surface area contributed by atoms with Gasteiger partial charge < -0.3 is 5.73 Å². The third-order valence-corrected chi connectivity index (χ3v) is 4.08. The molecule has 1 heterocycles. The van der Waals surface area contributed by atoms with E-state index in [0.29, 0.717) is 4.75 Å². The monoisotopic (exact) mass is 202 g/mol. The molecular formula is C10H22N2S. The van der Waals surface area contributed by atoms with E-state index < -0.39 is 0 Å². The smallest absolute Gasteiger partial charge is 0.0276 e. The Bertz CT molecular complexity index is 178. The number of nitrogens with two attached hydrogens (primary N) is 1. The summed E-state index contributed by atoms with van der Waals surface area (Å²) in [4.78, 5) is 2.52. The summed E-state index contributed by atoms with van der Waals surface area (Å²) in [6.45, 7) is 12.2. The van der Waals surface area contributed by atoms with Crippen molar-refractivity contribution in [3.05, 3.63) is 0 Å². The van der Waals surface area contributed by atoms with Gasteiger partial charge in [-0.3, -0.25) is 4.90 Å². The maximum atomic E-state index is 5.78. The normalized spacial score (nSPS) is 24.7. The van der Waals surface area contributed by atoms with Gasteiger partial charge in [0, 0.05) is 35.7 Å². The highest BCUT2D eigenvalue weighted by atomic mass is 32.2. The first-order chi connectivity index (χ1) is 5.87. The molecule has 0 bridgehead atoms. The minimum Gasteiger partial charge on any atom is -0.329 e. The van der Waals surface area contributed by atoms with Gasteiger partial charge in [0.1, 0.15) is 0 Å². The van der Waals surface area contributed by atoms with Crippen LogP contribution in [-0.2, 0) is 0 Å². The molecule has 1 rings (SSSR count). The average Bonchev–Trinajstić information content (AvgIpc) is 2.03. The van der Waals surface area contributed by atoms with Crippen molar-refractivity contribution >= 4 is 11.8 Å². The van der Waals surface area contributed by atoms with E-state index in [1.165, 1.54) is 12.3 Å². The highest BCUT2D eigenvalue weighted by molar-refractivity contribution is 8.00. The molecule has 0 aromatic carbocycles. The first kappa shape index (κ1) is 11.3. The van der Waals surface area contributed by atoms with Gasteiger partial charge in [0.25, 0.3) is 0 Å². The Hall–Kier alpha value is 0.270. The molecule has 0 saturated carbocycles. The van der Waals surface area contributed by atoms with E-state index in [0.717, 1.165) is 13.1 Å². The fourth-order valence-corrected chi connectivity index (χ4v) is 2.77. The molecule has 1 saturated heterocycles. The van der Waals surface area contributed by atoms with Gasteiger partial charge >= 0.3 is 0 Å². The van der Waals surface area contributed by atoms with Crippen LogP contribution in [-0.4, -0.2) is 40.6 Å². The SMILES string of the molecule is CC1(C)CN(C(C)(C)CN)CCS1. The molecule has 0 unspecified atom stereocenters. The van der Waals surface area contributed by atoms with Crippen molar-refractivity contribution < 1.29 is 0 Å². The molecule has 0 aliphatic carbocycles. The van der Waals surface area contributed by atoms with Crippen LogP contribution in [0.2, 0.25) is 0 Å². The Morgan fingerprint density at radius 3 is 2.54 bits per heavy atom. The largest absolute Gasteiger partial charge is 0.329 e. The molecule has 1 aliphatic rings. The number of thioether (sulfide) groups is 1. The van der Waals surface area contributed by atoms with Crippen LogP contribution in [0.5, 0.6) is 0 Å². The Labute approximate surface area is 86.2 Å². The summed E-state index contributed by atoms with van der Waals surface area (Å²) in [5.74, 6) is 1.23. The second-order valence-corrected chi connectivity index (χ2v) is 6.85. The van der Waals surface area contributed by atoms with E-state index in [2.05, 4.69) is 44.4 Å². The second-order valence-electron chi connectivity index (χ2n) is 5.05. The quantitative estimate of drug-likeness (QED) is 0.737. The van der Waals surface area contributed by atoms with Crippen LogP contribution in [0.4, 0.5) is 0 Å². The van der Waals surface area contributed by atoms with Gasteiger partial charge in [0.05, 0.1) is 0 Å². The van der Waals surface area contributed by atoms with Crippen molar-refractivity contribution in [2.24, 2.45) is 5.73 Å². The Kier molecular flexibility index (Phi) is 3.31. The van der Waals surface area contributed by atoms with Gasteiger partial charge in [-0.25, -0.2) is 0 Å². The first-order valence-electron chi connectivity index (χ1n) is 4.96. The van der Waals surface area contributed by atoms with Crippen molar-refractivity contribution in [3.8, 4) is 0 Å². The van der Waals surface area contributed by atoms with Crippen LogP contribution in [0.3, 0.4) is 0 Å². The van der Waals surface area contributed by atoms with Crippen molar-refractivity contribution in [1.29, 1.82) is 0 Å². The number of hydrogen-bond donors (Lipinski definition) is 1. The zero-order chi connectivity index (χ0) is 10.1. The molecule has 3 heteroatoms. The van der Waals surface area contributed by atoms with Gasteiger partial charge in [-0.15, -0.1) is 0 Å². The van der Waals surface area contributed by atoms with Crippen molar-refractivity contribution in [2.45, 2.75) is 38.0 Å². The summed E-state index contributed by atoms with van der Waals surface area (Å²) < 4.78 is 0.394. The van der Waals surface area contributed by atoms with E-state index in [1.54, 1.807) is 0 Å². The minimum absolute atomic E-state index is 0.165. The van der Waals surface area contributed by atoms with Crippen molar-refractivity contribution in [3.63, 3.8) is 0 Å². The lowest BCUT2D eigenvalue weighted by Gasteiger charge is -2.45. The van der Waals surface area contributed by atoms with Gasteiger partial charge in [-0.1, -0.05) is 0 Å². The molecule has 0 spiro atoms. The lowest BCUT2D eigenvalue weighted by Crippen LogP contribution is -2.56. The minimum atomic E-state index is 0.165. The molecule has 2 N–H and O–H groups in total. The predicted molar refractivity (Wildman–Crippen MR) is 61.2 cm³/mol. The lowest BCUT2D eigenvalue weighted by molar-refractivity contribution is 0.120. The highest BCUT2D eigenvalue weighted by Gasteiger charge is 2.34. The summed E-state index contributed by atoms with van der Waals surface area (Å²) in [7, 11) is 0. The molecule has 78 valence electrons. The van der Waals surface area contributed by atoms with Gasteiger partial charge in [0.2, 0.25) is 0 Å². The van der Waals surface area contributed by atoms with E-state index in [1.807, 2.05) is 0 Å². The van der Waals surface area contributed by atoms with Crippen LogP contribution < -0.4 is 5.73 Å². The summed E-state index contributed by atoms with van der Waals surface area (Å²) in [6, 6.07) is 0. The third-order valence-electron chi connectivity index (χ3n) is 2.78. The van der Waals surface area contributed by atoms with Crippen LogP contribution >= 0.6 is 11.8 Å². The summed E-state index contributed by atoms with van der Waals surface area (Å²) in [5.41, 5.74) is 5.94. The van der Waals surface area contributed by atoms with Crippen molar-refractivity contribution in [1.82, 2.24) is 4.90 Å². The zero-order valence-corrected chi connectivity index (χ0v) is 10.1. The molecule has 1 aliphatic heterocycles. The highest BCUT2D eigenvalue weighted by Crippen LogP contribution is 2.32. The Morgan fingerprint density at radius 1 is 1.46 bits per heavy atom. The maximum absolute atomic E-state index is 5.78. The first-order valence-corrected chi connectivity index (χ1v) is 5.95. The van der Waals surface area contributed by atoms with Crippen LogP contribution in [0, 0.1) is 0 Å². The molecular weight excluding hydrogens is 180 g/mol. The number of hydrogen-bond acceptors (Lipinski definition) is 3. The van der Waals surface area contributed by atoms with E-state index in [4.69, 9.17) is 5.73 Å². The average molecular weight is 202 g/mol. The van der Waals surface area contributed by atoms with E-state index in [-0.39, 0.29) is 5.54 Å². The van der Waals surface area contributed by atoms with Crippen LogP contribution in [0.1, 0.15) is 27.7 Å². The molecule has 0 aromatic rings. The van der Waals surface area contributed by atoms with E-state index in [9.17, 15) is 0 Å². The molecule has 0 amide bonds. The lowest BCUT2D eigenvalue weighted by atomic mass is 10.0.